The maximum Gasteiger partial charge on any atom is 0.337 e. The van der Waals surface area contributed by atoms with Gasteiger partial charge in [-0.3, -0.25) is 10.1 Å². The van der Waals surface area contributed by atoms with Crippen LogP contribution >= 0.6 is 0 Å². The number of methoxy groups -OCH3 is 1. The fraction of sp³-hybridized carbons (Fsp3) is 0.424. The van der Waals surface area contributed by atoms with Crippen LogP contribution in [-0.4, -0.2) is 18.0 Å². The Morgan fingerprint density at radius 3 is 2.20 bits per heavy atom. The molecule has 3 aromatic rings. The second-order valence-electron chi connectivity index (χ2n) is 12.9. The molecule has 0 heterocycles. The zero-order chi connectivity index (χ0) is 28.1. The fourth-order valence-electron chi connectivity index (χ4n) is 8.69. The summed E-state index contributed by atoms with van der Waals surface area (Å²) in [5.41, 5.74) is 2.43. The average molecular weight is 542 g/mol. The Hall–Kier alpha value is -3.87. The van der Waals surface area contributed by atoms with Crippen LogP contribution in [0.15, 0.2) is 66.7 Å². The molecule has 3 aromatic carbocycles. The lowest BCUT2D eigenvalue weighted by Crippen LogP contribution is -2.56. The number of rotatable bonds is 8. The number of nitro benzene ring substituents is 1. The van der Waals surface area contributed by atoms with Gasteiger partial charge < -0.3 is 14.2 Å². The van der Waals surface area contributed by atoms with Crippen molar-refractivity contribution in [1.29, 1.82) is 0 Å². The smallest absolute Gasteiger partial charge is 0.337 e. The lowest BCUT2D eigenvalue weighted by molar-refractivity contribution is -0.386. The Labute approximate surface area is 234 Å². The van der Waals surface area contributed by atoms with Crippen molar-refractivity contribution in [1.82, 2.24) is 0 Å². The van der Waals surface area contributed by atoms with Crippen LogP contribution in [0, 0.1) is 26.9 Å². The van der Waals surface area contributed by atoms with Crippen molar-refractivity contribution in [2.45, 2.75) is 64.4 Å². The summed E-state index contributed by atoms with van der Waals surface area (Å²) in [4.78, 5) is 24.0. The van der Waals surface area contributed by atoms with E-state index in [1.54, 1.807) is 36.4 Å². The van der Waals surface area contributed by atoms with Gasteiger partial charge in [0.1, 0.15) is 18.1 Å². The third-order valence-electron chi connectivity index (χ3n) is 9.20. The molecule has 0 spiro atoms. The van der Waals surface area contributed by atoms with E-state index in [0.29, 0.717) is 23.0 Å². The zero-order valence-electron chi connectivity index (χ0n) is 23.3. The van der Waals surface area contributed by atoms with E-state index in [-0.39, 0.29) is 39.2 Å². The number of nitrogens with zero attached hydrogens (tertiary/aromatic N) is 1. The van der Waals surface area contributed by atoms with Crippen molar-refractivity contribution < 1.29 is 23.9 Å². The molecule has 0 aromatic heterocycles. The van der Waals surface area contributed by atoms with Gasteiger partial charge in [0.25, 0.3) is 0 Å². The number of hydrogen-bond donors (Lipinski definition) is 0. The predicted molar refractivity (Wildman–Crippen MR) is 151 cm³/mol. The van der Waals surface area contributed by atoms with E-state index in [9.17, 15) is 14.9 Å². The molecule has 7 heteroatoms. The molecule has 7 rings (SSSR count). The molecular formula is C33H35NO6. The quantitative estimate of drug-likeness (QED) is 0.163. The lowest BCUT2D eigenvalue weighted by Gasteiger charge is -2.65. The molecule has 208 valence electrons. The van der Waals surface area contributed by atoms with Gasteiger partial charge in [0, 0.05) is 23.1 Å². The van der Waals surface area contributed by atoms with Gasteiger partial charge in [-0.25, -0.2) is 4.79 Å². The summed E-state index contributed by atoms with van der Waals surface area (Å²) < 4.78 is 17.4. The van der Waals surface area contributed by atoms with E-state index in [4.69, 9.17) is 14.2 Å². The van der Waals surface area contributed by atoms with Gasteiger partial charge in [0.2, 0.25) is 5.75 Å². The van der Waals surface area contributed by atoms with Crippen LogP contribution in [0.5, 0.6) is 17.2 Å². The molecule has 4 aliphatic carbocycles. The van der Waals surface area contributed by atoms with Crippen LogP contribution in [0.4, 0.5) is 5.69 Å². The highest BCUT2D eigenvalue weighted by Gasteiger charge is 2.61. The summed E-state index contributed by atoms with van der Waals surface area (Å²) in [6, 6.07) is 19.8. The summed E-state index contributed by atoms with van der Waals surface area (Å²) in [6.45, 7) is 4.99. The lowest BCUT2D eigenvalue weighted by atomic mass is 9.39. The first kappa shape index (κ1) is 26.4. The minimum Gasteiger partial charge on any atom is -0.482 e. The summed E-state index contributed by atoms with van der Waals surface area (Å²) in [5, 5.41) is 12.4. The standard InChI is InChI=1S/C33H35NO6/c1-31-15-23-16-32(2,19-31)21-33(17-23,20-31)26-13-27(34(36)37)29(39-18-22-7-5-4-6-8-22)14-28(26)40-25-11-9-24(10-12-25)30(35)38-3/h4-14,23H,15-21H2,1-3H3. The molecule has 40 heavy (non-hydrogen) atoms. The van der Waals surface area contributed by atoms with E-state index >= 15 is 0 Å². The molecule has 0 amide bonds. The van der Waals surface area contributed by atoms with Crippen molar-refractivity contribution in [2.24, 2.45) is 16.7 Å². The monoisotopic (exact) mass is 541 g/mol. The van der Waals surface area contributed by atoms with E-state index in [1.165, 1.54) is 26.4 Å². The molecule has 4 saturated carbocycles. The fourth-order valence-corrected chi connectivity index (χ4v) is 8.69. The van der Waals surface area contributed by atoms with Gasteiger partial charge in [0.05, 0.1) is 17.6 Å². The Balaban J connectivity index is 1.44. The van der Waals surface area contributed by atoms with Crippen LogP contribution in [0.25, 0.3) is 0 Å². The van der Waals surface area contributed by atoms with E-state index in [2.05, 4.69) is 13.8 Å². The number of hydrogen-bond acceptors (Lipinski definition) is 6. The summed E-state index contributed by atoms with van der Waals surface area (Å²) in [7, 11) is 1.35. The SMILES string of the molecule is COC(=O)c1ccc(Oc2cc(OCc3ccccc3)c([N+](=O)[O-])cc2C23CC4CC(C)(CC(C)(C4)C2)C3)cc1. The van der Waals surface area contributed by atoms with Crippen LogP contribution < -0.4 is 9.47 Å². The minimum absolute atomic E-state index is 0.0367. The summed E-state index contributed by atoms with van der Waals surface area (Å²) >= 11 is 0. The number of esters is 1. The number of ether oxygens (including phenoxy) is 3. The highest BCUT2D eigenvalue weighted by Crippen LogP contribution is 2.71. The van der Waals surface area contributed by atoms with Crippen LogP contribution in [-0.2, 0) is 16.8 Å². The molecule has 4 fully saturated rings. The normalized spacial score (nSPS) is 28.2. The highest BCUT2D eigenvalue weighted by molar-refractivity contribution is 5.89. The Morgan fingerprint density at radius 1 is 0.925 bits per heavy atom. The number of carbonyl (C=O) groups is 1. The molecule has 0 saturated heterocycles. The van der Waals surface area contributed by atoms with Gasteiger partial charge in [-0.05, 0) is 85.1 Å². The van der Waals surface area contributed by atoms with E-state index in [1.807, 2.05) is 30.3 Å². The molecule has 0 N–H and O–H groups in total. The zero-order valence-corrected chi connectivity index (χ0v) is 23.3. The van der Waals surface area contributed by atoms with Crippen molar-refractivity contribution in [2.75, 3.05) is 7.11 Å². The first-order valence-electron chi connectivity index (χ1n) is 14.0. The molecule has 7 nitrogen and oxygen atoms in total. The molecular weight excluding hydrogens is 506 g/mol. The average Bonchev–Trinajstić information content (AvgIpc) is 2.90. The third-order valence-corrected chi connectivity index (χ3v) is 9.20. The maximum atomic E-state index is 12.4. The predicted octanol–water partition coefficient (Wildman–Crippen LogP) is 8.00. The van der Waals surface area contributed by atoms with Gasteiger partial charge in [-0.15, -0.1) is 0 Å². The highest BCUT2D eigenvalue weighted by atomic mass is 16.6. The maximum absolute atomic E-state index is 12.4. The van der Waals surface area contributed by atoms with E-state index < -0.39 is 5.97 Å². The van der Waals surface area contributed by atoms with Crippen LogP contribution in [0.1, 0.15) is 73.9 Å². The van der Waals surface area contributed by atoms with Gasteiger partial charge in [0.15, 0.2) is 0 Å². The second-order valence-corrected chi connectivity index (χ2v) is 12.9. The van der Waals surface area contributed by atoms with Gasteiger partial charge in [-0.1, -0.05) is 44.2 Å². The Bertz CT molecular complexity index is 1430. The third kappa shape index (κ3) is 4.82. The van der Waals surface area contributed by atoms with Crippen molar-refractivity contribution in [3.05, 3.63) is 93.5 Å². The number of benzene rings is 3. The summed E-state index contributed by atoms with van der Waals surface area (Å²) in [5.74, 6) is 1.48. The Morgan fingerprint density at radius 2 is 1.60 bits per heavy atom. The van der Waals surface area contributed by atoms with Gasteiger partial charge >= 0.3 is 11.7 Å². The molecule has 4 bridgehead atoms. The summed E-state index contributed by atoms with van der Waals surface area (Å²) in [6.07, 6.45) is 6.63. The van der Waals surface area contributed by atoms with E-state index in [0.717, 1.165) is 30.4 Å². The van der Waals surface area contributed by atoms with Crippen molar-refractivity contribution in [3.8, 4) is 17.2 Å². The number of nitro groups is 1. The molecule has 0 aliphatic heterocycles. The van der Waals surface area contributed by atoms with Crippen molar-refractivity contribution in [3.63, 3.8) is 0 Å². The molecule has 2 unspecified atom stereocenters. The first-order valence-corrected chi connectivity index (χ1v) is 14.0. The molecule has 0 radical (unpaired) electrons. The largest absolute Gasteiger partial charge is 0.482 e. The topological polar surface area (TPSA) is 87.9 Å². The number of carbonyl (C=O) groups excluding carboxylic acids is 1. The minimum atomic E-state index is -0.422. The Kier molecular flexibility index (Phi) is 6.36. The van der Waals surface area contributed by atoms with Crippen LogP contribution in [0.3, 0.4) is 0 Å². The van der Waals surface area contributed by atoms with Crippen LogP contribution in [0.2, 0.25) is 0 Å². The van der Waals surface area contributed by atoms with Crippen molar-refractivity contribution >= 4 is 11.7 Å². The van der Waals surface area contributed by atoms with Gasteiger partial charge in [-0.2, -0.15) is 0 Å². The second kappa shape index (κ2) is 9.65. The first-order chi connectivity index (χ1) is 19.1. The molecule has 4 aliphatic rings. The molecule has 2 atom stereocenters.